The highest BCUT2D eigenvalue weighted by molar-refractivity contribution is 14.0. The topological polar surface area (TPSA) is 39.7 Å². The fourth-order valence-corrected chi connectivity index (χ4v) is 2.64. The highest BCUT2D eigenvalue weighted by Crippen LogP contribution is 2.16. The lowest BCUT2D eigenvalue weighted by Crippen LogP contribution is -2.42. The number of halogens is 4. The van der Waals surface area contributed by atoms with E-state index in [1.807, 2.05) is 25.3 Å². The Labute approximate surface area is 156 Å². The number of alkyl halides is 3. The Bertz CT molecular complexity index is 477. The number of thiophene rings is 1. The van der Waals surface area contributed by atoms with Crippen LogP contribution in [-0.4, -0.2) is 50.3 Å². The van der Waals surface area contributed by atoms with Crippen molar-refractivity contribution in [3.05, 3.63) is 21.9 Å². The molecule has 0 saturated carbocycles. The second-order valence-corrected chi connectivity index (χ2v) is 6.00. The lowest BCUT2D eigenvalue weighted by molar-refractivity contribution is -0.142. The molecule has 1 aromatic rings. The van der Waals surface area contributed by atoms with Gasteiger partial charge in [0.05, 0.1) is 13.1 Å². The Morgan fingerprint density at radius 1 is 1.35 bits per heavy atom. The molecule has 0 amide bonds. The largest absolute Gasteiger partial charge is 0.401 e. The second-order valence-electron chi connectivity index (χ2n) is 5.00. The van der Waals surface area contributed by atoms with Gasteiger partial charge in [-0.05, 0) is 37.9 Å². The molecule has 134 valence electrons. The number of likely N-dealkylation sites (N-methyl/N-ethyl adjacent to an activating group) is 1. The minimum atomic E-state index is -4.16. The normalized spacial score (nSPS) is 12.2. The lowest BCUT2D eigenvalue weighted by atomic mass is 10.3. The van der Waals surface area contributed by atoms with Crippen molar-refractivity contribution < 1.29 is 13.2 Å². The molecule has 1 aromatic heterocycles. The van der Waals surface area contributed by atoms with Gasteiger partial charge in [-0.1, -0.05) is 0 Å². The molecule has 1 heterocycles. The van der Waals surface area contributed by atoms with Gasteiger partial charge < -0.3 is 10.6 Å². The third-order valence-electron chi connectivity index (χ3n) is 2.93. The zero-order valence-corrected chi connectivity index (χ0v) is 16.7. The summed E-state index contributed by atoms with van der Waals surface area (Å²) in [6.07, 6.45) is -4.16. The molecule has 0 radical (unpaired) electrons. The Morgan fingerprint density at radius 3 is 2.57 bits per heavy atom. The summed E-state index contributed by atoms with van der Waals surface area (Å²) >= 11 is 1.65. The van der Waals surface area contributed by atoms with E-state index >= 15 is 0 Å². The third-order valence-corrected chi connectivity index (χ3v) is 3.94. The average Bonchev–Trinajstić information content (AvgIpc) is 2.79. The van der Waals surface area contributed by atoms with Gasteiger partial charge in [0.2, 0.25) is 0 Å². The van der Waals surface area contributed by atoms with E-state index in [0.29, 0.717) is 32.1 Å². The van der Waals surface area contributed by atoms with Crippen LogP contribution in [0.5, 0.6) is 0 Å². The molecule has 9 heteroatoms. The zero-order valence-electron chi connectivity index (χ0n) is 13.5. The van der Waals surface area contributed by atoms with Crippen LogP contribution in [0.1, 0.15) is 17.4 Å². The highest BCUT2D eigenvalue weighted by Gasteiger charge is 2.28. The first-order valence-corrected chi connectivity index (χ1v) is 8.00. The fraction of sp³-hybridized carbons (Fsp3) is 0.643. The number of hydrogen-bond acceptors (Lipinski definition) is 3. The molecule has 0 unspecified atom stereocenters. The summed E-state index contributed by atoms with van der Waals surface area (Å²) < 4.78 is 36.7. The quantitative estimate of drug-likeness (QED) is 0.370. The molecule has 0 saturated heterocycles. The standard InChI is InChI=1S/C14H23F3N4S.HI/c1-4-18-13(20-9-12-11(2)5-8-22-12)19-6-7-21(3)10-14(15,16)17;/h5,8H,4,6-7,9-10H2,1-3H3,(H2,18,19,20);1H. The Hall–Kier alpha value is -0.550. The van der Waals surface area contributed by atoms with Gasteiger partial charge in [-0.3, -0.25) is 4.90 Å². The van der Waals surface area contributed by atoms with Crippen molar-refractivity contribution in [2.45, 2.75) is 26.6 Å². The van der Waals surface area contributed by atoms with Crippen molar-refractivity contribution in [1.29, 1.82) is 0 Å². The third kappa shape index (κ3) is 10.0. The van der Waals surface area contributed by atoms with Crippen LogP contribution >= 0.6 is 35.3 Å². The summed E-state index contributed by atoms with van der Waals surface area (Å²) in [7, 11) is 1.45. The maximum atomic E-state index is 12.2. The van der Waals surface area contributed by atoms with E-state index in [9.17, 15) is 13.2 Å². The number of aliphatic imine (C=N–C) groups is 1. The van der Waals surface area contributed by atoms with E-state index < -0.39 is 12.7 Å². The first-order chi connectivity index (χ1) is 10.3. The maximum absolute atomic E-state index is 12.2. The molecule has 4 nitrogen and oxygen atoms in total. The van der Waals surface area contributed by atoms with Gasteiger partial charge in [0.15, 0.2) is 5.96 Å². The predicted octanol–water partition coefficient (Wildman–Crippen LogP) is 3.22. The molecule has 0 aliphatic heterocycles. The van der Waals surface area contributed by atoms with E-state index in [-0.39, 0.29) is 24.0 Å². The molecular weight excluding hydrogens is 440 g/mol. The smallest absolute Gasteiger partial charge is 0.357 e. The summed E-state index contributed by atoms with van der Waals surface area (Å²) in [5.74, 6) is 0.621. The first kappa shape index (κ1) is 22.4. The van der Waals surface area contributed by atoms with Crippen LogP contribution in [0, 0.1) is 6.92 Å². The van der Waals surface area contributed by atoms with Crippen LogP contribution in [0.2, 0.25) is 0 Å². The molecule has 0 fully saturated rings. The van der Waals surface area contributed by atoms with Crippen LogP contribution in [0.15, 0.2) is 16.4 Å². The second kappa shape index (κ2) is 11.1. The summed E-state index contributed by atoms with van der Waals surface area (Å²) in [5, 5.41) is 8.16. The molecule has 1 rings (SSSR count). The SMILES string of the molecule is CCNC(=NCc1sccc1C)NCCN(C)CC(F)(F)F.I. The van der Waals surface area contributed by atoms with Gasteiger partial charge in [-0.15, -0.1) is 35.3 Å². The predicted molar refractivity (Wildman–Crippen MR) is 101 cm³/mol. The molecule has 0 aliphatic rings. The van der Waals surface area contributed by atoms with Crippen LogP contribution in [0.25, 0.3) is 0 Å². The van der Waals surface area contributed by atoms with Gasteiger partial charge in [0, 0.05) is 24.5 Å². The first-order valence-electron chi connectivity index (χ1n) is 7.12. The number of guanidine groups is 1. The van der Waals surface area contributed by atoms with E-state index in [0.717, 1.165) is 0 Å². The fourth-order valence-electron chi connectivity index (χ4n) is 1.81. The number of nitrogens with zero attached hydrogens (tertiary/aromatic N) is 2. The highest BCUT2D eigenvalue weighted by atomic mass is 127. The van der Waals surface area contributed by atoms with E-state index in [2.05, 4.69) is 15.6 Å². The Balaban J connectivity index is 0.00000484. The monoisotopic (exact) mass is 464 g/mol. The van der Waals surface area contributed by atoms with Crippen molar-refractivity contribution in [2.75, 3.05) is 33.2 Å². The molecule has 0 aliphatic carbocycles. The van der Waals surface area contributed by atoms with Gasteiger partial charge in [-0.25, -0.2) is 4.99 Å². The van der Waals surface area contributed by atoms with Crippen molar-refractivity contribution in [3.8, 4) is 0 Å². The van der Waals surface area contributed by atoms with Crippen LogP contribution < -0.4 is 10.6 Å². The van der Waals surface area contributed by atoms with Gasteiger partial charge in [0.1, 0.15) is 0 Å². The molecule has 0 bridgehead atoms. The molecule has 0 spiro atoms. The summed E-state index contributed by atoms with van der Waals surface area (Å²) in [4.78, 5) is 6.87. The molecule has 23 heavy (non-hydrogen) atoms. The van der Waals surface area contributed by atoms with Crippen molar-refractivity contribution >= 4 is 41.3 Å². The van der Waals surface area contributed by atoms with E-state index in [1.165, 1.54) is 22.4 Å². The average molecular weight is 464 g/mol. The van der Waals surface area contributed by atoms with E-state index in [1.54, 1.807) is 11.3 Å². The maximum Gasteiger partial charge on any atom is 0.401 e. The van der Waals surface area contributed by atoms with Crippen molar-refractivity contribution in [3.63, 3.8) is 0 Å². The van der Waals surface area contributed by atoms with Crippen LogP contribution in [0.4, 0.5) is 13.2 Å². The van der Waals surface area contributed by atoms with Crippen LogP contribution in [-0.2, 0) is 6.54 Å². The van der Waals surface area contributed by atoms with Crippen LogP contribution in [0.3, 0.4) is 0 Å². The summed E-state index contributed by atoms with van der Waals surface area (Å²) in [6, 6.07) is 2.04. The van der Waals surface area contributed by atoms with Crippen molar-refractivity contribution in [2.24, 2.45) is 4.99 Å². The van der Waals surface area contributed by atoms with Crippen molar-refractivity contribution in [1.82, 2.24) is 15.5 Å². The summed E-state index contributed by atoms with van der Waals surface area (Å²) in [5.41, 5.74) is 1.20. The molecule has 0 atom stereocenters. The van der Waals surface area contributed by atoms with Gasteiger partial charge in [0.25, 0.3) is 0 Å². The van der Waals surface area contributed by atoms with E-state index in [4.69, 9.17) is 0 Å². The number of aryl methyl sites for hydroxylation is 1. The Kier molecular flexibility index (Phi) is 10.8. The molecule has 0 aromatic carbocycles. The Morgan fingerprint density at radius 2 is 2.04 bits per heavy atom. The number of hydrogen-bond donors (Lipinski definition) is 2. The molecule has 2 N–H and O–H groups in total. The zero-order chi connectivity index (χ0) is 16.6. The number of rotatable bonds is 7. The van der Waals surface area contributed by atoms with Gasteiger partial charge in [-0.2, -0.15) is 13.2 Å². The lowest BCUT2D eigenvalue weighted by Gasteiger charge is -2.19. The molecular formula is C14H24F3IN4S. The minimum absolute atomic E-state index is 0. The summed E-state index contributed by atoms with van der Waals surface area (Å²) in [6.45, 7) is 5.04. The van der Waals surface area contributed by atoms with Gasteiger partial charge >= 0.3 is 6.18 Å². The number of nitrogens with one attached hydrogen (secondary N) is 2. The minimum Gasteiger partial charge on any atom is -0.357 e.